The Labute approximate surface area is 97.6 Å². The van der Waals surface area contributed by atoms with E-state index in [0.717, 1.165) is 45.1 Å². The maximum Gasteiger partial charge on any atom is 0.127 e. The summed E-state index contributed by atoms with van der Waals surface area (Å²) in [5, 5.41) is 0. The second-order valence-electron chi connectivity index (χ2n) is 4.22. The number of hydrogen-bond donors (Lipinski definition) is 0. The topological polar surface area (TPSA) is 15.7 Å². The maximum atomic E-state index is 5.62. The van der Waals surface area contributed by atoms with Crippen LogP contribution in [-0.4, -0.2) is 56.2 Å². The normalized spacial score (nSPS) is 18.6. The van der Waals surface area contributed by atoms with Crippen LogP contribution in [0.5, 0.6) is 5.75 Å². The predicted molar refractivity (Wildman–Crippen MR) is 64.7 cm³/mol. The molecule has 1 fully saturated rings. The van der Waals surface area contributed by atoms with Gasteiger partial charge >= 0.3 is 0 Å². The second-order valence-corrected chi connectivity index (χ2v) is 4.22. The van der Waals surface area contributed by atoms with Crippen LogP contribution in [0, 0.1) is 6.07 Å². The number of rotatable bonds is 4. The molecule has 1 aromatic carbocycles. The molecular weight excluding hydrogens is 200 g/mol. The molecule has 0 atom stereocenters. The highest BCUT2D eigenvalue weighted by Gasteiger charge is 2.12. The fourth-order valence-electron chi connectivity index (χ4n) is 1.82. The minimum absolute atomic E-state index is 0.754. The average Bonchev–Trinajstić information content (AvgIpc) is 2.33. The number of benzene rings is 1. The Morgan fingerprint density at radius 1 is 1.25 bits per heavy atom. The van der Waals surface area contributed by atoms with Crippen molar-refractivity contribution in [1.82, 2.24) is 9.80 Å². The Hall–Kier alpha value is -1.06. The van der Waals surface area contributed by atoms with Gasteiger partial charge in [0.2, 0.25) is 0 Å². The summed E-state index contributed by atoms with van der Waals surface area (Å²) in [5.41, 5.74) is 0. The van der Waals surface area contributed by atoms with Crippen molar-refractivity contribution in [2.24, 2.45) is 0 Å². The van der Waals surface area contributed by atoms with Crippen LogP contribution in [0.2, 0.25) is 0 Å². The third-order valence-electron chi connectivity index (χ3n) is 2.94. The van der Waals surface area contributed by atoms with Gasteiger partial charge in [-0.25, -0.2) is 0 Å². The lowest BCUT2D eigenvalue weighted by Gasteiger charge is -2.32. The van der Waals surface area contributed by atoms with Crippen molar-refractivity contribution in [3.05, 3.63) is 30.3 Å². The quantitative estimate of drug-likeness (QED) is 0.754. The lowest BCUT2D eigenvalue weighted by Crippen LogP contribution is -2.45. The number of likely N-dealkylation sites (N-methyl/N-ethyl adjacent to an activating group) is 1. The summed E-state index contributed by atoms with van der Waals surface area (Å²) in [7, 11) is 2.17. The minimum atomic E-state index is 0.754. The standard InChI is InChI=1S/C13H19N2O/c1-14-7-9-15(10-8-14)11-12-16-13-5-3-2-4-6-13/h2-5H,7-12H2,1H3. The van der Waals surface area contributed by atoms with Gasteiger partial charge in [0.15, 0.2) is 0 Å². The number of piperazine rings is 1. The van der Waals surface area contributed by atoms with Crippen LogP contribution in [0.15, 0.2) is 24.3 Å². The highest BCUT2D eigenvalue weighted by atomic mass is 16.5. The number of ether oxygens (including phenoxy) is 1. The molecule has 0 saturated carbocycles. The van der Waals surface area contributed by atoms with Crippen LogP contribution in [0.1, 0.15) is 0 Å². The molecule has 0 amide bonds. The molecule has 3 nitrogen and oxygen atoms in total. The SMILES string of the molecule is CN1CCN(CCOc2[c]cccc2)CC1. The van der Waals surface area contributed by atoms with E-state index in [0.29, 0.717) is 0 Å². The van der Waals surface area contributed by atoms with Crippen LogP contribution in [0.25, 0.3) is 0 Å². The van der Waals surface area contributed by atoms with Crippen molar-refractivity contribution in [2.45, 2.75) is 0 Å². The van der Waals surface area contributed by atoms with Gasteiger partial charge in [0, 0.05) is 38.8 Å². The zero-order valence-electron chi connectivity index (χ0n) is 9.85. The number of nitrogens with zero attached hydrogens (tertiary/aromatic N) is 2. The molecule has 1 aliphatic rings. The predicted octanol–water partition coefficient (Wildman–Crippen LogP) is 1.11. The minimum Gasteiger partial charge on any atom is -0.492 e. The largest absolute Gasteiger partial charge is 0.492 e. The fraction of sp³-hybridized carbons (Fsp3) is 0.538. The van der Waals surface area contributed by atoms with E-state index in [1.54, 1.807) is 0 Å². The number of para-hydroxylation sites is 1. The molecule has 0 aromatic heterocycles. The van der Waals surface area contributed by atoms with E-state index in [1.165, 1.54) is 0 Å². The molecule has 16 heavy (non-hydrogen) atoms. The first-order valence-electron chi connectivity index (χ1n) is 5.85. The van der Waals surface area contributed by atoms with Gasteiger partial charge in [-0.2, -0.15) is 0 Å². The van der Waals surface area contributed by atoms with Crippen LogP contribution >= 0.6 is 0 Å². The van der Waals surface area contributed by atoms with E-state index in [1.807, 2.05) is 24.3 Å². The van der Waals surface area contributed by atoms with E-state index in [2.05, 4.69) is 22.9 Å². The summed E-state index contributed by atoms with van der Waals surface area (Å²) in [4.78, 5) is 4.81. The molecule has 1 radical (unpaired) electrons. The van der Waals surface area contributed by atoms with E-state index in [9.17, 15) is 0 Å². The summed E-state index contributed by atoms with van der Waals surface area (Å²) >= 11 is 0. The molecule has 0 N–H and O–H groups in total. The molecule has 0 aliphatic carbocycles. The Morgan fingerprint density at radius 2 is 2.06 bits per heavy atom. The lowest BCUT2D eigenvalue weighted by molar-refractivity contribution is 0.133. The highest BCUT2D eigenvalue weighted by molar-refractivity contribution is 5.19. The van der Waals surface area contributed by atoms with E-state index >= 15 is 0 Å². The first kappa shape index (κ1) is 11.4. The van der Waals surface area contributed by atoms with Crippen LogP contribution in [-0.2, 0) is 0 Å². The van der Waals surface area contributed by atoms with Crippen molar-refractivity contribution in [1.29, 1.82) is 0 Å². The summed E-state index contributed by atoms with van der Waals surface area (Å²) < 4.78 is 5.62. The third kappa shape index (κ3) is 3.51. The summed E-state index contributed by atoms with van der Waals surface area (Å²) in [6, 6.07) is 10.8. The van der Waals surface area contributed by atoms with Crippen LogP contribution in [0.4, 0.5) is 0 Å². The lowest BCUT2D eigenvalue weighted by atomic mass is 10.3. The first-order valence-corrected chi connectivity index (χ1v) is 5.85. The molecule has 3 heteroatoms. The van der Waals surface area contributed by atoms with Crippen LogP contribution in [0.3, 0.4) is 0 Å². The molecule has 1 aromatic rings. The summed E-state index contributed by atoms with van der Waals surface area (Å²) in [6.45, 7) is 6.40. The molecule has 2 rings (SSSR count). The molecule has 87 valence electrons. The number of hydrogen-bond acceptors (Lipinski definition) is 3. The molecule has 0 spiro atoms. The van der Waals surface area contributed by atoms with Crippen molar-refractivity contribution in [3.8, 4) is 5.75 Å². The van der Waals surface area contributed by atoms with Crippen molar-refractivity contribution < 1.29 is 4.74 Å². The molecule has 1 aliphatic heterocycles. The molecule has 1 heterocycles. The van der Waals surface area contributed by atoms with E-state index in [4.69, 9.17) is 4.74 Å². The Kier molecular flexibility index (Phi) is 4.19. The highest BCUT2D eigenvalue weighted by Crippen LogP contribution is 2.07. The van der Waals surface area contributed by atoms with Gasteiger partial charge in [0.25, 0.3) is 0 Å². The van der Waals surface area contributed by atoms with Crippen molar-refractivity contribution >= 4 is 0 Å². The van der Waals surface area contributed by atoms with E-state index in [-0.39, 0.29) is 0 Å². The van der Waals surface area contributed by atoms with Gasteiger partial charge in [0.05, 0.1) is 0 Å². The molecule has 1 saturated heterocycles. The smallest absolute Gasteiger partial charge is 0.127 e. The molecular formula is C13H19N2O. The Morgan fingerprint density at radius 3 is 2.75 bits per heavy atom. The van der Waals surface area contributed by atoms with Gasteiger partial charge in [-0.3, -0.25) is 4.90 Å². The fourth-order valence-corrected chi connectivity index (χ4v) is 1.82. The van der Waals surface area contributed by atoms with E-state index < -0.39 is 0 Å². The van der Waals surface area contributed by atoms with Gasteiger partial charge in [-0.1, -0.05) is 18.2 Å². The Bertz CT molecular complexity index is 294. The van der Waals surface area contributed by atoms with Gasteiger partial charge in [0.1, 0.15) is 12.4 Å². The summed E-state index contributed by atoms with van der Waals surface area (Å²) in [5.74, 6) is 0.844. The monoisotopic (exact) mass is 219 g/mol. The summed E-state index contributed by atoms with van der Waals surface area (Å²) in [6.07, 6.45) is 0. The second kappa shape index (κ2) is 5.87. The third-order valence-corrected chi connectivity index (χ3v) is 2.94. The van der Waals surface area contributed by atoms with Gasteiger partial charge in [-0.05, 0) is 13.1 Å². The average molecular weight is 219 g/mol. The molecule has 0 bridgehead atoms. The zero-order chi connectivity index (χ0) is 11.2. The Balaban J connectivity index is 1.65. The van der Waals surface area contributed by atoms with Crippen molar-refractivity contribution in [3.63, 3.8) is 0 Å². The zero-order valence-corrected chi connectivity index (χ0v) is 9.85. The van der Waals surface area contributed by atoms with Gasteiger partial charge in [-0.15, -0.1) is 0 Å². The first-order chi connectivity index (χ1) is 7.84. The van der Waals surface area contributed by atoms with Crippen molar-refractivity contribution in [2.75, 3.05) is 46.4 Å². The van der Waals surface area contributed by atoms with Gasteiger partial charge < -0.3 is 9.64 Å². The molecule has 0 unspecified atom stereocenters. The maximum absolute atomic E-state index is 5.62. The van der Waals surface area contributed by atoms with Crippen LogP contribution < -0.4 is 4.74 Å².